The van der Waals surface area contributed by atoms with Crippen molar-refractivity contribution in [1.29, 1.82) is 0 Å². The zero-order valence-corrected chi connectivity index (χ0v) is 33.4. The van der Waals surface area contributed by atoms with E-state index in [-0.39, 0.29) is 13.2 Å². The number of aliphatic hydroxyl groups excluding tert-OH is 1. The van der Waals surface area contributed by atoms with Crippen molar-refractivity contribution in [1.82, 2.24) is 8.68 Å². The third kappa shape index (κ3) is 6.69. The summed E-state index contributed by atoms with van der Waals surface area (Å²) in [6.45, 7) is 0.226. The summed E-state index contributed by atoms with van der Waals surface area (Å²) in [6, 6.07) is 50.5. The molecule has 1 unspecified atom stereocenters. The predicted octanol–water partition coefficient (Wildman–Crippen LogP) is 8.14. The highest BCUT2D eigenvalue weighted by molar-refractivity contribution is 7.63. The molecule has 0 amide bonds. The van der Waals surface area contributed by atoms with Gasteiger partial charge in [0.1, 0.15) is 6.61 Å². The van der Waals surface area contributed by atoms with Gasteiger partial charge in [0.05, 0.1) is 57.1 Å². The minimum Gasteiger partial charge on any atom is -0.396 e. The zero-order chi connectivity index (χ0) is 41.2. The SMILES string of the molecule is CO[P+]1(OCCCO)n2c3ccc2C(c2ccccc2)=C2C=CC(=N2)C(c2ccccc2)=c2ccc(n21)=C(c1ccccc1)C1=NC(=C3c2ccccc2)C=C1.O=[N+]([O-])[O-]. The van der Waals surface area contributed by atoms with Gasteiger partial charge in [-0.2, -0.15) is 9.05 Å². The average molecular weight is 812 g/mol. The number of fused-ring (bicyclic) bond motifs is 2. The van der Waals surface area contributed by atoms with Crippen molar-refractivity contribution in [3.05, 3.63) is 241 Å². The molecule has 60 heavy (non-hydrogen) atoms. The van der Waals surface area contributed by atoms with Gasteiger partial charge in [-0.05, 0) is 77.2 Å². The Balaban J connectivity index is 0.00000111. The zero-order valence-electron chi connectivity index (χ0n) is 32.5. The Bertz CT molecular complexity index is 2760. The van der Waals surface area contributed by atoms with Crippen LogP contribution in [0.3, 0.4) is 0 Å². The summed E-state index contributed by atoms with van der Waals surface area (Å²) < 4.78 is 19.1. The summed E-state index contributed by atoms with van der Waals surface area (Å²) in [4.78, 5) is 19.2. The first-order valence-corrected chi connectivity index (χ1v) is 20.9. The van der Waals surface area contributed by atoms with Crippen LogP contribution in [0.4, 0.5) is 0 Å². The van der Waals surface area contributed by atoms with Crippen LogP contribution >= 0.6 is 8.02 Å². The van der Waals surface area contributed by atoms with E-state index >= 15 is 0 Å². The lowest BCUT2D eigenvalue weighted by molar-refractivity contribution is -0.402. The Kier molecular flexibility index (Phi) is 10.5. The molecule has 0 radical (unpaired) electrons. The lowest BCUT2D eigenvalue weighted by Crippen LogP contribution is -2.38. The Hall–Kier alpha value is -7.01. The molecule has 1 atom stereocenters. The summed E-state index contributed by atoms with van der Waals surface area (Å²) in [6.07, 6.45) is 8.94. The number of hydrogen-bond acceptors (Lipinski definition) is 8. The first-order valence-electron chi connectivity index (χ1n) is 19.4. The fraction of sp³-hybridized carbons (Fsp3) is 0.0833. The minimum absolute atomic E-state index is 0.0244. The molecule has 1 N–H and O–H groups in total. The van der Waals surface area contributed by atoms with E-state index in [9.17, 15) is 5.11 Å². The number of benzene rings is 4. The van der Waals surface area contributed by atoms with Crippen LogP contribution < -0.4 is 10.7 Å². The molecule has 0 aliphatic carbocycles. The van der Waals surface area contributed by atoms with Crippen LogP contribution in [0, 0.1) is 15.3 Å². The van der Waals surface area contributed by atoms with Gasteiger partial charge in [-0.3, -0.25) is 0 Å². The number of allylic oxidation sites excluding steroid dienone is 4. The van der Waals surface area contributed by atoms with Crippen molar-refractivity contribution < 1.29 is 19.2 Å². The lowest BCUT2D eigenvalue weighted by atomic mass is 10.0. The predicted molar refractivity (Wildman–Crippen MR) is 237 cm³/mol. The quantitative estimate of drug-likeness (QED) is 0.0677. The second-order valence-corrected chi connectivity index (χ2v) is 16.4. The monoisotopic (exact) mass is 811 g/mol. The topological polar surface area (TPSA) is 139 Å². The normalized spacial score (nSPS) is 17.3. The molecule has 0 saturated heterocycles. The molecule has 6 bridgehead atoms. The van der Waals surface area contributed by atoms with Crippen LogP contribution in [-0.2, 0) is 9.05 Å². The Morgan fingerprint density at radius 3 is 1.32 bits per heavy atom. The first-order chi connectivity index (χ1) is 29.4. The maximum Gasteiger partial charge on any atom is 0.497 e. The van der Waals surface area contributed by atoms with Crippen LogP contribution in [0.1, 0.15) is 40.1 Å². The van der Waals surface area contributed by atoms with Crippen LogP contribution in [0.25, 0.3) is 22.3 Å². The molecule has 2 aromatic heterocycles. The maximum atomic E-state index is 10.2. The van der Waals surface area contributed by atoms with Crippen LogP contribution in [0.2, 0.25) is 0 Å². The van der Waals surface area contributed by atoms with Gasteiger partial charge in [-0.1, -0.05) is 121 Å². The maximum absolute atomic E-state index is 10.2. The molecule has 0 spiro atoms. The Morgan fingerprint density at radius 1 is 0.567 bits per heavy atom. The van der Waals surface area contributed by atoms with Crippen molar-refractivity contribution in [3.63, 3.8) is 0 Å². The van der Waals surface area contributed by atoms with Crippen LogP contribution in [0.15, 0.2) is 191 Å². The van der Waals surface area contributed by atoms with Gasteiger partial charge in [0.15, 0.2) is 0 Å². The number of nitrogens with zero attached hydrogens (tertiary/aromatic N) is 5. The molecule has 0 saturated carbocycles. The van der Waals surface area contributed by atoms with Crippen molar-refractivity contribution in [2.24, 2.45) is 9.98 Å². The van der Waals surface area contributed by atoms with Crippen LogP contribution in [-0.4, -0.2) is 50.6 Å². The van der Waals surface area contributed by atoms with Gasteiger partial charge < -0.3 is 20.4 Å². The summed E-state index contributed by atoms with van der Waals surface area (Å²) in [5, 5.41) is 26.8. The summed E-state index contributed by atoms with van der Waals surface area (Å²) in [5.74, 6) is 0. The van der Waals surface area contributed by atoms with Gasteiger partial charge in [-0.15, -0.1) is 8.68 Å². The standard InChI is InChI=1S/C48H38N4O3P.NO3/c1-54-56(55-32-14-31-53)51-41-27-28-42(51)47(35-19-10-4-11-20-35)39-25-26-40(50-39)48(36-21-12-5-13-22-36)44-30-29-43(52(44)56)46(34-17-8-3-9-18-34)38-24-23-37(49-38)45(41)33-15-6-2-7-16-33;2-1(3)4/h2-13,15-30,53H,14,31-32H2,1H3;/q+1;-1. The molecule has 12 heteroatoms. The molecule has 6 aromatic rings. The van der Waals surface area contributed by atoms with E-state index in [0.29, 0.717) is 6.42 Å². The molecular formula is C48H38N5O6P. The molecule has 4 aromatic carbocycles. The number of aliphatic imine (C=N–C) groups is 2. The van der Waals surface area contributed by atoms with Crippen molar-refractivity contribution >= 4 is 41.7 Å². The summed E-state index contributed by atoms with van der Waals surface area (Å²) >= 11 is 0. The van der Waals surface area contributed by atoms with E-state index < -0.39 is 13.1 Å². The third-order valence-electron chi connectivity index (χ3n) is 10.6. The average Bonchev–Trinajstić information content (AvgIpc) is 4.11. The molecule has 4 aliphatic heterocycles. The van der Waals surface area contributed by atoms with E-state index in [1.54, 1.807) is 7.11 Å². The van der Waals surface area contributed by atoms with Gasteiger partial charge in [0.25, 0.3) is 0 Å². The van der Waals surface area contributed by atoms with E-state index in [1.807, 2.05) is 24.3 Å². The molecule has 4 aliphatic rings. The second-order valence-electron chi connectivity index (χ2n) is 14.0. The van der Waals surface area contributed by atoms with Crippen molar-refractivity contribution in [2.75, 3.05) is 20.3 Å². The smallest absolute Gasteiger partial charge is 0.396 e. The molecule has 296 valence electrons. The van der Waals surface area contributed by atoms with Crippen LogP contribution in [0.5, 0.6) is 0 Å². The highest BCUT2D eigenvalue weighted by atomic mass is 31.2. The van der Waals surface area contributed by atoms with E-state index in [1.165, 1.54) is 0 Å². The summed E-state index contributed by atoms with van der Waals surface area (Å²) in [7, 11) is -1.77. The lowest BCUT2D eigenvalue weighted by Gasteiger charge is -2.29. The number of rotatable bonds is 9. The fourth-order valence-electron chi connectivity index (χ4n) is 8.24. The van der Waals surface area contributed by atoms with Gasteiger partial charge in [-0.25, -0.2) is 9.98 Å². The van der Waals surface area contributed by atoms with E-state index in [0.717, 1.165) is 89.4 Å². The molecule has 11 nitrogen and oxygen atoms in total. The number of aliphatic hydroxyl groups is 1. The van der Waals surface area contributed by atoms with Crippen molar-refractivity contribution in [3.8, 4) is 0 Å². The van der Waals surface area contributed by atoms with Crippen molar-refractivity contribution in [2.45, 2.75) is 6.42 Å². The number of hydrogen-bond donors (Lipinski definition) is 1. The molecule has 0 fully saturated rings. The largest absolute Gasteiger partial charge is 0.497 e. The first kappa shape index (κ1) is 38.5. The highest BCUT2D eigenvalue weighted by Crippen LogP contribution is 2.65. The highest BCUT2D eigenvalue weighted by Gasteiger charge is 2.54. The Labute approximate surface area is 346 Å². The minimum atomic E-state index is -3.53. The molecular weight excluding hydrogens is 774 g/mol. The Morgan fingerprint density at radius 2 is 0.950 bits per heavy atom. The van der Waals surface area contributed by atoms with E-state index in [4.69, 9.17) is 34.4 Å². The van der Waals surface area contributed by atoms with Gasteiger partial charge in [0.2, 0.25) is 0 Å². The van der Waals surface area contributed by atoms with Gasteiger partial charge in [0, 0.05) is 28.9 Å². The van der Waals surface area contributed by atoms with E-state index in [2.05, 4.69) is 154 Å². The molecule has 6 heterocycles. The fourth-order valence-corrected chi connectivity index (χ4v) is 11.2. The third-order valence-corrected chi connectivity index (χ3v) is 13.5. The van der Waals surface area contributed by atoms with Gasteiger partial charge >= 0.3 is 8.02 Å². The second kappa shape index (κ2) is 16.3. The number of aromatic nitrogens is 2. The summed E-state index contributed by atoms with van der Waals surface area (Å²) in [5.41, 5.74) is 13.0. The molecule has 10 rings (SSSR count).